The first-order valence-corrected chi connectivity index (χ1v) is 7.47. The van der Waals surface area contributed by atoms with Crippen molar-refractivity contribution in [1.29, 1.82) is 0 Å². The number of aromatic nitrogens is 1. The third-order valence-electron chi connectivity index (χ3n) is 2.66. The van der Waals surface area contributed by atoms with Crippen molar-refractivity contribution in [2.75, 3.05) is 11.1 Å². The normalized spacial score (nSPS) is 11.5. The fraction of sp³-hybridized carbons (Fsp3) is 0.286. The van der Waals surface area contributed by atoms with Gasteiger partial charge in [-0.15, -0.1) is 11.8 Å². The van der Waals surface area contributed by atoms with Crippen LogP contribution in [-0.4, -0.2) is 16.8 Å². The molecule has 1 heterocycles. The average Bonchev–Trinajstić information content (AvgIpc) is 2.84. The molecule has 0 unspecified atom stereocenters. The van der Waals surface area contributed by atoms with E-state index in [0.29, 0.717) is 17.2 Å². The number of hydrogen-bond acceptors (Lipinski definition) is 4. The maximum absolute atomic E-state index is 12.4. The van der Waals surface area contributed by atoms with Gasteiger partial charge in [-0.2, -0.15) is 13.2 Å². The second-order valence-electron chi connectivity index (χ2n) is 4.54. The summed E-state index contributed by atoms with van der Waals surface area (Å²) in [6.45, 7) is 1.78. The summed E-state index contributed by atoms with van der Waals surface area (Å²) in [5.41, 5.74) is 0.321. The number of nitrogens with one attached hydrogen (secondary N) is 1. The Morgan fingerprint density at radius 3 is 2.55 bits per heavy atom. The summed E-state index contributed by atoms with van der Waals surface area (Å²) in [5.74, 6) is 1.11. The number of thioether (sulfide) groups is 1. The molecule has 0 fully saturated rings. The minimum Gasteiger partial charge on any atom is -0.361 e. The molecule has 0 spiro atoms. The van der Waals surface area contributed by atoms with Crippen molar-refractivity contribution < 1.29 is 22.5 Å². The Kier molecular flexibility index (Phi) is 5.12. The van der Waals surface area contributed by atoms with E-state index in [1.54, 1.807) is 13.0 Å². The summed E-state index contributed by atoms with van der Waals surface area (Å²) in [6, 6.07) is 6.10. The molecule has 1 N–H and O–H groups in total. The first kappa shape index (κ1) is 16.4. The number of amides is 1. The molecule has 0 bridgehead atoms. The van der Waals surface area contributed by atoms with Gasteiger partial charge in [0.2, 0.25) is 5.91 Å². The Hall–Kier alpha value is -1.96. The van der Waals surface area contributed by atoms with E-state index in [4.69, 9.17) is 4.52 Å². The minimum atomic E-state index is -4.38. The van der Waals surface area contributed by atoms with E-state index in [-0.39, 0.29) is 11.7 Å². The standard InChI is InChI=1S/C14H13F3N2O2S/c1-9-6-12(19-21-9)7-22-8-13(20)18-11-4-2-10(3-5-11)14(15,16)17/h2-6H,7-8H2,1H3,(H,18,20). The number of aryl methyl sites for hydroxylation is 1. The highest BCUT2D eigenvalue weighted by molar-refractivity contribution is 7.99. The van der Waals surface area contributed by atoms with E-state index in [9.17, 15) is 18.0 Å². The number of carbonyl (C=O) groups is 1. The van der Waals surface area contributed by atoms with Crippen LogP contribution < -0.4 is 5.32 Å². The molecule has 2 aromatic rings. The first-order chi connectivity index (χ1) is 10.3. The molecule has 0 radical (unpaired) electrons. The fourth-order valence-electron chi connectivity index (χ4n) is 1.67. The zero-order valence-electron chi connectivity index (χ0n) is 11.6. The summed E-state index contributed by atoms with van der Waals surface area (Å²) in [7, 11) is 0. The third-order valence-corrected chi connectivity index (χ3v) is 3.62. The van der Waals surface area contributed by atoms with Crippen LogP contribution in [-0.2, 0) is 16.7 Å². The van der Waals surface area contributed by atoms with Crippen molar-refractivity contribution in [3.05, 3.63) is 47.3 Å². The smallest absolute Gasteiger partial charge is 0.361 e. The predicted molar refractivity (Wildman–Crippen MR) is 77.5 cm³/mol. The zero-order valence-corrected chi connectivity index (χ0v) is 12.4. The second kappa shape index (κ2) is 6.87. The molecule has 1 aromatic carbocycles. The summed E-state index contributed by atoms with van der Waals surface area (Å²) in [5, 5.41) is 6.34. The Labute approximate surface area is 129 Å². The summed E-state index contributed by atoms with van der Waals surface area (Å²) < 4.78 is 42.1. The lowest BCUT2D eigenvalue weighted by Crippen LogP contribution is -2.14. The van der Waals surface area contributed by atoms with Gasteiger partial charge in [0.15, 0.2) is 0 Å². The van der Waals surface area contributed by atoms with Crippen LogP contribution in [0, 0.1) is 6.92 Å². The van der Waals surface area contributed by atoms with Crippen LogP contribution in [0.1, 0.15) is 17.0 Å². The minimum absolute atomic E-state index is 0.174. The molecule has 0 saturated carbocycles. The molecular formula is C14H13F3N2O2S. The molecule has 0 atom stereocenters. The van der Waals surface area contributed by atoms with E-state index >= 15 is 0 Å². The van der Waals surface area contributed by atoms with Crippen LogP contribution in [0.4, 0.5) is 18.9 Å². The Balaban J connectivity index is 1.79. The first-order valence-electron chi connectivity index (χ1n) is 6.31. The molecule has 0 aliphatic carbocycles. The van der Waals surface area contributed by atoms with E-state index in [0.717, 1.165) is 17.8 Å². The zero-order chi connectivity index (χ0) is 16.2. The van der Waals surface area contributed by atoms with Crippen LogP contribution in [0.25, 0.3) is 0 Å². The van der Waals surface area contributed by atoms with Gasteiger partial charge in [-0.25, -0.2) is 0 Å². The van der Waals surface area contributed by atoms with Crippen molar-refractivity contribution in [3.8, 4) is 0 Å². The number of alkyl halides is 3. The fourth-order valence-corrected chi connectivity index (χ4v) is 2.38. The maximum Gasteiger partial charge on any atom is 0.416 e. The number of carbonyl (C=O) groups excluding carboxylic acids is 1. The van der Waals surface area contributed by atoms with Crippen LogP contribution >= 0.6 is 11.8 Å². The lowest BCUT2D eigenvalue weighted by molar-refractivity contribution is -0.137. The summed E-state index contributed by atoms with van der Waals surface area (Å²) in [4.78, 5) is 11.7. The van der Waals surface area contributed by atoms with Gasteiger partial charge in [-0.3, -0.25) is 4.79 Å². The van der Waals surface area contributed by atoms with Gasteiger partial charge in [-0.1, -0.05) is 5.16 Å². The molecular weight excluding hydrogens is 317 g/mol. The highest BCUT2D eigenvalue weighted by Crippen LogP contribution is 2.29. The quantitative estimate of drug-likeness (QED) is 0.904. The van der Waals surface area contributed by atoms with Gasteiger partial charge < -0.3 is 9.84 Å². The molecule has 1 amide bonds. The molecule has 0 saturated heterocycles. The van der Waals surface area contributed by atoms with Crippen LogP contribution in [0.2, 0.25) is 0 Å². The summed E-state index contributed by atoms with van der Waals surface area (Å²) >= 11 is 1.34. The van der Waals surface area contributed by atoms with Crippen LogP contribution in [0.3, 0.4) is 0 Å². The molecule has 4 nitrogen and oxygen atoms in total. The van der Waals surface area contributed by atoms with E-state index in [2.05, 4.69) is 10.5 Å². The van der Waals surface area contributed by atoms with Crippen molar-refractivity contribution in [2.24, 2.45) is 0 Å². The number of benzene rings is 1. The van der Waals surface area contributed by atoms with Gasteiger partial charge in [0.05, 0.1) is 17.0 Å². The lowest BCUT2D eigenvalue weighted by atomic mass is 10.2. The molecule has 22 heavy (non-hydrogen) atoms. The van der Waals surface area contributed by atoms with E-state index in [1.165, 1.54) is 23.9 Å². The highest BCUT2D eigenvalue weighted by atomic mass is 32.2. The Bertz CT molecular complexity index is 638. The number of anilines is 1. The number of nitrogens with zero attached hydrogens (tertiary/aromatic N) is 1. The monoisotopic (exact) mass is 330 g/mol. The van der Waals surface area contributed by atoms with Crippen LogP contribution in [0.5, 0.6) is 0 Å². The van der Waals surface area contributed by atoms with Gasteiger partial charge >= 0.3 is 6.18 Å². The van der Waals surface area contributed by atoms with Crippen molar-refractivity contribution in [2.45, 2.75) is 18.9 Å². The van der Waals surface area contributed by atoms with E-state index in [1.807, 2.05) is 0 Å². The van der Waals surface area contributed by atoms with Crippen molar-refractivity contribution in [3.63, 3.8) is 0 Å². The Morgan fingerprint density at radius 1 is 1.32 bits per heavy atom. The van der Waals surface area contributed by atoms with Gasteiger partial charge in [0.25, 0.3) is 0 Å². The maximum atomic E-state index is 12.4. The predicted octanol–water partition coefficient (Wildman–Crippen LogP) is 3.87. The van der Waals surface area contributed by atoms with E-state index < -0.39 is 11.7 Å². The number of rotatable bonds is 5. The van der Waals surface area contributed by atoms with Gasteiger partial charge in [0, 0.05) is 17.5 Å². The molecule has 0 aliphatic rings. The largest absolute Gasteiger partial charge is 0.416 e. The lowest BCUT2D eigenvalue weighted by Gasteiger charge is -2.08. The third kappa shape index (κ3) is 4.80. The molecule has 118 valence electrons. The van der Waals surface area contributed by atoms with Gasteiger partial charge in [0.1, 0.15) is 5.76 Å². The topological polar surface area (TPSA) is 55.1 Å². The second-order valence-corrected chi connectivity index (χ2v) is 5.53. The SMILES string of the molecule is Cc1cc(CSCC(=O)Nc2ccc(C(F)(F)F)cc2)no1. The number of halogens is 3. The molecule has 0 aliphatic heterocycles. The van der Waals surface area contributed by atoms with Crippen molar-refractivity contribution >= 4 is 23.4 Å². The molecule has 8 heteroatoms. The number of hydrogen-bond donors (Lipinski definition) is 1. The summed E-state index contributed by atoms with van der Waals surface area (Å²) in [6.07, 6.45) is -4.38. The Morgan fingerprint density at radius 2 is 2.00 bits per heavy atom. The molecule has 1 aromatic heterocycles. The molecule has 2 rings (SSSR count). The van der Waals surface area contributed by atoms with Gasteiger partial charge in [-0.05, 0) is 31.2 Å². The van der Waals surface area contributed by atoms with Crippen molar-refractivity contribution in [1.82, 2.24) is 5.16 Å². The average molecular weight is 330 g/mol. The highest BCUT2D eigenvalue weighted by Gasteiger charge is 2.29. The van der Waals surface area contributed by atoms with Crippen LogP contribution in [0.15, 0.2) is 34.9 Å².